The van der Waals surface area contributed by atoms with E-state index in [1.165, 1.54) is 5.56 Å². The largest absolute Gasteiger partial charge is 0.431 e. The number of aromatic nitrogens is 1. The molecule has 1 aliphatic heterocycles. The Bertz CT molecular complexity index is 722. The van der Waals surface area contributed by atoms with Crippen LogP contribution in [0.3, 0.4) is 0 Å². The third-order valence-electron chi connectivity index (χ3n) is 3.83. The zero-order chi connectivity index (χ0) is 17.6. The molecular weight excluding hydrogens is 452 g/mol. The molecule has 2 aromatic rings. The first-order valence-electron chi connectivity index (χ1n) is 7.91. The Morgan fingerprint density at radius 1 is 1.12 bits per heavy atom. The van der Waals surface area contributed by atoms with Gasteiger partial charge in [0.1, 0.15) is 5.82 Å². The Balaban J connectivity index is 1.43. The van der Waals surface area contributed by atoms with Crippen molar-refractivity contribution in [1.29, 1.82) is 0 Å². The number of benzene rings is 1. The number of pyridine rings is 1. The quantitative estimate of drug-likeness (QED) is 0.736. The minimum Gasteiger partial charge on any atom is -0.351 e. The predicted octanol–water partition coefficient (Wildman–Crippen LogP) is 3.89. The van der Waals surface area contributed by atoms with Gasteiger partial charge in [0.05, 0.1) is 0 Å². The highest BCUT2D eigenvalue weighted by Crippen LogP contribution is 2.24. The molecule has 1 fully saturated rings. The summed E-state index contributed by atoms with van der Waals surface area (Å²) >= 11 is 7.01. The lowest BCUT2D eigenvalue weighted by Crippen LogP contribution is -2.46. The monoisotopic (exact) mass is 468 g/mol. The maximum Gasteiger partial charge on any atom is 0.431 e. The first-order valence-corrected chi connectivity index (χ1v) is 9.50. The van der Waals surface area contributed by atoms with Gasteiger partial charge in [-0.15, -0.1) is 5.06 Å². The number of hydrogen-bond acceptors (Lipinski definition) is 5. The summed E-state index contributed by atoms with van der Waals surface area (Å²) in [6.07, 6.45) is 1.11. The SMILES string of the molecule is O=C(Nc1ccccn1)ON1CCN(Cc2ccc(Br)c(Br)c2)CC1. The summed E-state index contributed by atoms with van der Waals surface area (Å²) in [6.45, 7) is 3.90. The molecule has 1 aromatic carbocycles. The van der Waals surface area contributed by atoms with Gasteiger partial charge >= 0.3 is 6.09 Å². The zero-order valence-corrected chi connectivity index (χ0v) is 16.7. The number of anilines is 1. The van der Waals surface area contributed by atoms with Crippen LogP contribution in [-0.2, 0) is 11.4 Å². The average Bonchev–Trinajstić information content (AvgIpc) is 2.61. The van der Waals surface area contributed by atoms with Crippen LogP contribution < -0.4 is 5.32 Å². The predicted molar refractivity (Wildman–Crippen MR) is 103 cm³/mol. The molecule has 1 amide bonds. The van der Waals surface area contributed by atoms with Gasteiger partial charge in [0.25, 0.3) is 0 Å². The minimum absolute atomic E-state index is 0.479. The summed E-state index contributed by atoms with van der Waals surface area (Å²) in [7, 11) is 0. The van der Waals surface area contributed by atoms with Crippen LogP contribution in [0.25, 0.3) is 0 Å². The second-order valence-corrected chi connectivity index (χ2v) is 7.38. The van der Waals surface area contributed by atoms with Crippen LogP contribution in [-0.4, -0.2) is 47.2 Å². The van der Waals surface area contributed by atoms with Gasteiger partial charge in [0.15, 0.2) is 0 Å². The number of amides is 1. The molecule has 1 aromatic heterocycles. The number of hydrogen-bond donors (Lipinski definition) is 1. The fraction of sp³-hybridized carbons (Fsp3) is 0.294. The summed E-state index contributed by atoms with van der Waals surface area (Å²) in [6, 6.07) is 11.6. The molecule has 0 atom stereocenters. The van der Waals surface area contributed by atoms with Gasteiger partial charge in [-0.05, 0) is 61.7 Å². The summed E-state index contributed by atoms with van der Waals surface area (Å²) in [4.78, 5) is 23.6. The highest BCUT2D eigenvalue weighted by molar-refractivity contribution is 9.13. The molecule has 1 aliphatic rings. The topological polar surface area (TPSA) is 57.7 Å². The van der Waals surface area contributed by atoms with Crippen LogP contribution in [0.15, 0.2) is 51.5 Å². The van der Waals surface area contributed by atoms with E-state index >= 15 is 0 Å². The van der Waals surface area contributed by atoms with Crippen LogP contribution >= 0.6 is 31.9 Å². The van der Waals surface area contributed by atoms with Gasteiger partial charge in [-0.25, -0.2) is 9.78 Å². The molecule has 0 bridgehead atoms. The van der Waals surface area contributed by atoms with Crippen LogP contribution in [0.4, 0.5) is 10.6 Å². The summed E-state index contributed by atoms with van der Waals surface area (Å²) in [5, 5.41) is 4.30. The lowest BCUT2D eigenvalue weighted by atomic mass is 10.2. The number of halogens is 2. The second kappa shape index (κ2) is 8.75. The first kappa shape index (κ1) is 18.3. The van der Waals surface area contributed by atoms with Crippen LogP contribution in [0.1, 0.15) is 5.56 Å². The summed E-state index contributed by atoms with van der Waals surface area (Å²) in [5.41, 5.74) is 1.25. The lowest BCUT2D eigenvalue weighted by Gasteiger charge is -2.33. The minimum atomic E-state index is -0.510. The Kier molecular flexibility index (Phi) is 6.41. The number of piperazine rings is 1. The van der Waals surface area contributed by atoms with Crippen molar-refractivity contribution in [2.45, 2.75) is 6.54 Å². The molecule has 0 spiro atoms. The van der Waals surface area contributed by atoms with E-state index in [9.17, 15) is 4.79 Å². The standard InChI is InChI=1S/C17H18Br2N4O2/c18-14-5-4-13(11-15(14)19)12-22-7-9-23(10-8-22)25-17(24)21-16-3-1-2-6-20-16/h1-6,11H,7-10,12H2,(H,20,21,24). The molecule has 8 heteroatoms. The maximum absolute atomic E-state index is 11.9. The Labute approximate surface area is 163 Å². The number of rotatable bonds is 4. The molecule has 6 nitrogen and oxygen atoms in total. The molecule has 1 N–H and O–H groups in total. The first-order chi connectivity index (χ1) is 12.1. The van der Waals surface area contributed by atoms with E-state index in [0.717, 1.165) is 28.6 Å². The molecule has 0 saturated carbocycles. The van der Waals surface area contributed by atoms with Gasteiger partial charge < -0.3 is 4.84 Å². The normalized spacial score (nSPS) is 15.8. The van der Waals surface area contributed by atoms with E-state index in [2.05, 4.69) is 59.2 Å². The molecule has 0 unspecified atom stereocenters. The molecule has 0 radical (unpaired) electrons. The molecule has 25 heavy (non-hydrogen) atoms. The van der Waals surface area contributed by atoms with E-state index in [1.807, 2.05) is 12.1 Å². The fourth-order valence-electron chi connectivity index (χ4n) is 2.56. The van der Waals surface area contributed by atoms with Crippen molar-refractivity contribution in [3.8, 4) is 0 Å². The van der Waals surface area contributed by atoms with E-state index in [1.54, 1.807) is 23.4 Å². The molecule has 132 valence electrons. The number of nitrogens with zero attached hydrogens (tertiary/aromatic N) is 3. The van der Waals surface area contributed by atoms with Gasteiger partial charge in [-0.2, -0.15) is 0 Å². The third-order valence-corrected chi connectivity index (χ3v) is 5.71. The third kappa shape index (κ3) is 5.50. The van der Waals surface area contributed by atoms with E-state index in [0.29, 0.717) is 18.9 Å². The van der Waals surface area contributed by atoms with Gasteiger partial charge in [-0.3, -0.25) is 10.2 Å². The molecule has 3 rings (SSSR count). The number of carbonyl (C=O) groups is 1. The highest BCUT2D eigenvalue weighted by atomic mass is 79.9. The number of hydroxylamine groups is 2. The fourth-order valence-corrected chi connectivity index (χ4v) is 3.23. The maximum atomic E-state index is 11.9. The second-order valence-electron chi connectivity index (χ2n) is 5.67. The van der Waals surface area contributed by atoms with Crippen LogP contribution in [0.5, 0.6) is 0 Å². The van der Waals surface area contributed by atoms with Gasteiger partial charge in [0.2, 0.25) is 0 Å². The van der Waals surface area contributed by atoms with Crippen molar-refractivity contribution in [3.05, 3.63) is 57.1 Å². The molecule has 0 aliphatic carbocycles. The molecular formula is C17H18Br2N4O2. The van der Waals surface area contributed by atoms with E-state index in [-0.39, 0.29) is 0 Å². The van der Waals surface area contributed by atoms with Gasteiger partial charge in [-0.1, -0.05) is 12.1 Å². The van der Waals surface area contributed by atoms with Gasteiger partial charge in [0, 0.05) is 47.9 Å². The van der Waals surface area contributed by atoms with Crippen LogP contribution in [0, 0.1) is 0 Å². The highest BCUT2D eigenvalue weighted by Gasteiger charge is 2.20. The zero-order valence-electron chi connectivity index (χ0n) is 13.5. The number of carbonyl (C=O) groups excluding carboxylic acids is 1. The van der Waals surface area contributed by atoms with Crippen molar-refractivity contribution in [2.75, 3.05) is 31.5 Å². The Morgan fingerprint density at radius 2 is 1.92 bits per heavy atom. The van der Waals surface area contributed by atoms with Crippen molar-refractivity contribution in [1.82, 2.24) is 14.9 Å². The smallest absolute Gasteiger partial charge is 0.351 e. The van der Waals surface area contributed by atoms with Crippen molar-refractivity contribution >= 4 is 43.8 Å². The summed E-state index contributed by atoms with van der Waals surface area (Å²) in [5.74, 6) is 0.479. The molecule has 1 saturated heterocycles. The van der Waals surface area contributed by atoms with Crippen LogP contribution in [0.2, 0.25) is 0 Å². The van der Waals surface area contributed by atoms with Crippen molar-refractivity contribution in [3.63, 3.8) is 0 Å². The van der Waals surface area contributed by atoms with Crippen molar-refractivity contribution in [2.24, 2.45) is 0 Å². The Hall–Kier alpha value is -1.48. The van der Waals surface area contributed by atoms with Crippen molar-refractivity contribution < 1.29 is 9.63 Å². The number of nitrogens with one attached hydrogen (secondary N) is 1. The lowest BCUT2D eigenvalue weighted by molar-refractivity contribution is -0.119. The molecule has 2 heterocycles. The average molecular weight is 470 g/mol. The summed E-state index contributed by atoms with van der Waals surface area (Å²) < 4.78 is 2.10. The van der Waals surface area contributed by atoms with E-state index < -0.39 is 6.09 Å². The van der Waals surface area contributed by atoms with E-state index in [4.69, 9.17) is 4.84 Å². The Morgan fingerprint density at radius 3 is 2.60 bits per heavy atom.